The molecule has 1 atom stereocenters. The van der Waals surface area contributed by atoms with Gasteiger partial charge in [-0.15, -0.1) is 0 Å². The number of aryl methyl sites for hydroxylation is 1. The van der Waals surface area contributed by atoms with Gasteiger partial charge in [0.2, 0.25) is 0 Å². The summed E-state index contributed by atoms with van der Waals surface area (Å²) < 4.78 is 0. The van der Waals surface area contributed by atoms with Crippen LogP contribution in [0.4, 0.5) is 0 Å². The van der Waals surface area contributed by atoms with Crippen molar-refractivity contribution in [1.29, 1.82) is 0 Å². The third-order valence-electron chi connectivity index (χ3n) is 5.99. The Labute approximate surface area is 131 Å². The van der Waals surface area contributed by atoms with E-state index >= 15 is 0 Å². The van der Waals surface area contributed by atoms with Crippen LogP contribution >= 0.6 is 0 Å². The molecule has 1 saturated carbocycles. The van der Waals surface area contributed by atoms with Gasteiger partial charge in [-0.25, -0.2) is 0 Å². The van der Waals surface area contributed by atoms with Gasteiger partial charge < -0.3 is 0 Å². The van der Waals surface area contributed by atoms with Gasteiger partial charge in [0.1, 0.15) is 0 Å². The minimum Gasteiger partial charge on any atom is -0.0654 e. The third-order valence-corrected chi connectivity index (χ3v) is 5.99. The Morgan fingerprint density at radius 1 is 1.00 bits per heavy atom. The molecule has 0 amide bonds. The zero-order valence-electron chi connectivity index (χ0n) is 14.0. The molecule has 2 aliphatic carbocycles. The van der Waals surface area contributed by atoms with Crippen LogP contribution in [0.2, 0.25) is 0 Å². The molecule has 1 aromatic rings. The van der Waals surface area contributed by atoms with E-state index < -0.39 is 0 Å². The van der Waals surface area contributed by atoms with E-state index in [1.54, 1.807) is 16.7 Å². The van der Waals surface area contributed by atoms with E-state index in [-0.39, 0.29) is 0 Å². The summed E-state index contributed by atoms with van der Waals surface area (Å²) in [6, 6.07) is 7.47. The third kappa shape index (κ3) is 3.71. The lowest BCUT2D eigenvalue weighted by Crippen LogP contribution is -2.15. The minimum absolute atomic E-state index is 0.854. The van der Waals surface area contributed by atoms with E-state index in [1.165, 1.54) is 64.2 Å². The first kappa shape index (κ1) is 15.1. The summed E-state index contributed by atoms with van der Waals surface area (Å²) in [5, 5.41) is 0. The second-order valence-electron chi connectivity index (χ2n) is 7.74. The van der Waals surface area contributed by atoms with Crippen molar-refractivity contribution in [3.8, 4) is 0 Å². The molecule has 0 bridgehead atoms. The molecule has 1 aromatic carbocycles. The second kappa shape index (κ2) is 6.99. The van der Waals surface area contributed by atoms with Gasteiger partial charge in [-0.3, -0.25) is 0 Å². The average molecular weight is 284 g/mol. The Balaban J connectivity index is 1.61. The number of hydrogen-bond donors (Lipinski definition) is 0. The van der Waals surface area contributed by atoms with Crippen LogP contribution in [0.3, 0.4) is 0 Å². The van der Waals surface area contributed by atoms with E-state index in [4.69, 9.17) is 0 Å². The maximum atomic E-state index is 2.57. The van der Waals surface area contributed by atoms with Crippen LogP contribution in [0, 0.1) is 11.8 Å². The van der Waals surface area contributed by atoms with Crippen LogP contribution < -0.4 is 0 Å². The van der Waals surface area contributed by atoms with Gasteiger partial charge in [0.25, 0.3) is 0 Å². The lowest BCUT2D eigenvalue weighted by atomic mass is 9.75. The molecule has 3 rings (SSSR count). The molecule has 21 heavy (non-hydrogen) atoms. The fraction of sp³-hybridized carbons (Fsp3) is 0.714. The lowest BCUT2D eigenvalue weighted by Gasteiger charge is -2.30. The normalized spacial score (nSPS) is 29.1. The van der Waals surface area contributed by atoms with Gasteiger partial charge in [0, 0.05) is 0 Å². The molecule has 116 valence electrons. The van der Waals surface area contributed by atoms with Crippen LogP contribution in [0.15, 0.2) is 18.2 Å². The monoisotopic (exact) mass is 284 g/mol. The van der Waals surface area contributed by atoms with Crippen LogP contribution in [0.1, 0.15) is 87.8 Å². The van der Waals surface area contributed by atoms with E-state index in [1.807, 2.05) is 0 Å². The van der Waals surface area contributed by atoms with Crippen molar-refractivity contribution in [2.75, 3.05) is 0 Å². The predicted molar refractivity (Wildman–Crippen MR) is 91.9 cm³/mol. The molecule has 2 aliphatic rings. The Hall–Kier alpha value is -0.780. The first-order valence-electron chi connectivity index (χ1n) is 9.38. The molecule has 0 aromatic heterocycles. The molecule has 1 fully saturated rings. The van der Waals surface area contributed by atoms with Crippen LogP contribution in [0.25, 0.3) is 0 Å². The average Bonchev–Trinajstić information content (AvgIpc) is 2.53. The van der Waals surface area contributed by atoms with Crippen LogP contribution in [-0.2, 0) is 12.8 Å². The molecule has 0 heterocycles. The highest BCUT2D eigenvalue weighted by atomic mass is 14.3. The van der Waals surface area contributed by atoms with Gasteiger partial charge in [-0.05, 0) is 79.4 Å². The van der Waals surface area contributed by atoms with Gasteiger partial charge in [0.15, 0.2) is 0 Å². The standard InChI is InChI=1S/C21H32/c1-3-4-5-17-7-10-18(11-8-17)20-13-12-19-14-16(2)6-9-21(19)15-20/h12-13,15-18H,3-11,14H2,1-2H3/t16?,17-,18-. The number of unbranched alkanes of at least 4 members (excludes halogenated alkanes) is 1. The summed E-state index contributed by atoms with van der Waals surface area (Å²) in [4.78, 5) is 0. The molecular weight excluding hydrogens is 252 g/mol. The van der Waals surface area contributed by atoms with Crippen molar-refractivity contribution in [2.45, 2.75) is 84.0 Å². The summed E-state index contributed by atoms with van der Waals surface area (Å²) in [6.45, 7) is 4.72. The van der Waals surface area contributed by atoms with E-state index in [0.717, 1.165) is 17.8 Å². The maximum absolute atomic E-state index is 2.57. The van der Waals surface area contributed by atoms with Crippen molar-refractivity contribution in [2.24, 2.45) is 11.8 Å². The first-order valence-corrected chi connectivity index (χ1v) is 9.38. The van der Waals surface area contributed by atoms with E-state index in [0.29, 0.717) is 0 Å². The first-order chi connectivity index (χ1) is 10.3. The lowest BCUT2D eigenvalue weighted by molar-refractivity contribution is 0.304. The number of benzene rings is 1. The number of rotatable bonds is 4. The van der Waals surface area contributed by atoms with Crippen molar-refractivity contribution in [3.63, 3.8) is 0 Å². The molecule has 0 heteroatoms. The summed E-state index contributed by atoms with van der Waals surface area (Å²) in [6.07, 6.45) is 14.1. The molecule has 0 spiro atoms. The van der Waals surface area contributed by atoms with Crippen molar-refractivity contribution < 1.29 is 0 Å². The van der Waals surface area contributed by atoms with Gasteiger partial charge in [-0.2, -0.15) is 0 Å². The molecule has 0 N–H and O–H groups in total. The van der Waals surface area contributed by atoms with Crippen molar-refractivity contribution >= 4 is 0 Å². The predicted octanol–water partition coefficient (Wildman–Crippen LogP) is 6.28. The van der Waals surface area contributed by atoms with Crippen LogP contribution in [0.5, 0.6) is 0 Å². The van der Waals surface area contributed by atoms with Gasteiger partial charge >= 0.3 is 0 Å². The Morgan fingerprint density at radius 3 is 2.57 bits per heavy atom. The zero-order valence-corrected chi connectivity index (χ0v) is 14.0. The SMILES string of the molecule is CCCC[C@H]1CC[C@H](c2ccc3c(c2)CCC(C)C3)CC1. The highest BCUT2D eigenvalue weighted by Crippen LogP contribution is 2.39. The molecular formula is C21H32. The maximum Gasteiger partial charge on any atom is -0.0162 e. The largest absolute Gasteiger partial charge is 0.0654 e. The topological polar surface area (TPSA) is 0 Å². The summed E-state index contributed by atoms with van der Waals surface area (Å²) in [5.41, 5.74) is 4.95. The molecule has 0 saturated heterocycles. The Morgan fingerprint density at radius 2 is 1.81 bits per heavy atom. The fourth-order valence-corrected chi connectivity index (χ4v) is 4.49. The van der Waals surface area contributed by atoms with Crippen LogP contribution in [-0.4, -0.2) is 0 Å². The quantitative estimate of drug-likeness (QED) is 0.610. The molecule has 0 aliphatic heterocycles. The highest BCUT2D eigenvalue weighted by Gasteiger charge is 2.23. The summed E-state index contributed by atoms with van der Waals surface area (Å²) >= 11 is 0. The summed E-state index contributed by atoms with van der Waals surface area (Å²) in [7, 11) is 0. The molecule has 0 nitrogen and oxygen atoms in total. The highest BCUT2D eigenvalue weighted by molar-refractivity contribution is 5.36. The zero-order chi connectivity index (χ0) is 14.7. The van der Waals surface area contributed by atoms with Gasteiger partial charge in [-0.1, -0.05) is 51.3 Å². The number of fused-ring (bicyclic) bond motifs is 1. The minimum atomic E-state index is 0.854. The van der Waals surface area contributed by atoms with E-state index in [2.05, 4.69) is 32.0 Å². The molecule has 1 unspecified atom stereocenters. The Kier molecular flexibility index (Phi) is 5.03. The number of hydrogen-bond acceptors (Lipinski definition) is 0. The smallest absolute Gasteiger partial charge is 0.0162 e. The van der Waals surface area contributed by atoms with Gasteiger partial charge in [0.05, 0.1) is 0 Å². The molecule has 0 radical (unpaired) electrons. The Bertz CT molecular complexity index is 451. The second-order valence-corrected chi connectivity index (χ2v) is 7.74. The fourth-order valence-electron chi connectivity index (χ4n) is 4.49. The van der Waals surface area contributed by atoms with E-state index in [9.17, 15) is 0 Å². The van der Waals surface area contributed by atoms with Crippen molar-refractivity contribution in [1.82, 2.24) is 0 Å². The summed E-state index contributed by atoms with van der Waals surface area (Å²) in [5.74, 6) is 2.77. The van der Waals surface area contributed by atoms with Crippen molar-refractivity contribution in [3.05, 3.63) is 34.9 Å².